The molecule has 1 amide bonds. The van der Waals surface area contributed by atoms with Gasteiger partial charge in [-0.2, -0.15) is 0 Å². The number of benzene rings is 1. The van der Waals surface area contributed by atoms with Crippen LogP contribution >= 0.6 is 0 Å². The Hall–Kier alpha value is -1.51. The van der Waals surface area contributed by atoms with Crippen molar-refractivity contribution in [1.82, 2.24) is 5.32 Å². The minimum atomic E-state index is 0.0924. The zero-order valence-corrected chi connectivity index (χ0v) is 11.5. The molecule has 3 heteroatoms. The fourth-order valence-corrected chi connectivity index (χ4v) is 2.32. The maximum Gasteiger partial charge on any atom is 0.220 e. The maximum absolute atomic E-state index is 11.4. The number of methoxy groups -OCH3 is 1. The van der Waals surface area contributed by atoms with E-state index in [4.69, 9.17) is 4.74 Å². The molecule has 0 saturated carbocycles. The van der Waals surface area contributed by atoms with Gasteiger partial charge in [-0.1, -0.05) is 26.8 Å². The molecule has 98 valence electrons. The van der Waals surface area contributed by atoms with Crippen LogP contribution in [0.5, 0.6) is 5.75 Å². The van der Waals surface area contributed by atoms with Crippen molar-refractivity contribution in [2.45, 2.75) is 45.1 Å². The van der Waals surface area contributed by atoms with Gasteiger partial charge in [0, 0.05) is 12.0 Å². The van der Waals surface area contributed by atoms with Crippen molar-refractivity contribution in [3.63, 3.8) is 0 Å². The summed E-state index contributed by atoms with van der Waals surface area (Å²) in [7, 11) is 1.67. The minimum Gasteiger partial charge on any atom is -0.496 e. The van der Waals surface area contributed by atoms with Crippen molar-refractivity contribution in [1.29, 1.82) is 0 Å². The lowest BCUT2D eigenvalue weighted by molar-refractivity contribution is -0.119. The molecule has 1 N–H and O–H groups in total. The van der Waals surface area contributed by atoms with Gasteiger partial charge in [-0.15, -0.1) is 0 Å². The molecule has 0 aromatic heterocycles. The first kappa shape index (κ1) is 12.9. The zero-order chi connectivity index (χ0) is 13.3. The van der Waals surface area contributed by atoms with Gasteiger partial charge in [0.05, 0.1) is 13.2 Å². The van der Waals surface area contributed by atoms with Crippen LogP contribution in [0.3, 0.4) is 0 Å². The molecule has 0 spiro atoms. The third-order valence-corrected chi connectivity index (χ3v) is 3.47. The summed E-state index contributed by atoms with van der Waals surface area (Å²) in [5, 5.41) is 3.00. The number of amides is 1. The normalized spacial score (nSPS) is 19.8. The Morgan fingerprint density at radius 2 is 2.06 bits per heavy atom. The van der Waals surface area contributed by atoms with E-state index < -0.39 is 0 Å². The second-order valence-corrected chi connectivity index (χ2v) is 5.87. The van der Waals surface area contributed by atoms with E-state index in [0.29, 0.717) is 6.42 Å². The molecule has 1 aliphatic heterocycles. The topological polar surface area (TPSA) is 38.3 Å². The summed E-state index contributed by atoms with van der Waals surface area (Å²) < 4.78 is 5.41. The Labute approximate surface area is 109 Å². The molecule has 0 aliphatic carbocycles. The summed E-state index contributed by atoms with van der Waals surface area (Å²) in [6.45, 7) is 6.56. The van der Waals surface area contributed by atoms with Gasteiger partial charge < -0.3 is 10.1 Å². The van der Waals surface area contributed by atoms with E-state index in [-0.39, 0.29) is 17.4 Å². The van der Waals surface area contributed by atoms with Gasteiger partial charge in [0.25, 0.3) is 0 Å². The number of ether oxygens (including phenoxy) is 1. The van der Waals surface area contributed by atoms with Crippen LogP contribution in [0.4, 0.5) is 0 Å². The maximum atomic E-state index is 11.4. The Balaban J connectivity index is 2.40. The molecule has 1 aromatic rings. The van der Waals surface area contributed by atoms with Gasteiger partial charge >= 0.3 is 0 Å². The highest BCUT2D eigenvalue weighted by Crippen LogP contribution is 2.34. The van der Waals surface area contributed by atoms with Crippen LogP contribution in [0.15, 0.2) is 18.2 Å². The monoisotopic (exact) mass is 247 g/mol. The lowest BCUT2D eigenvalue weighted by Crippen LogP contribution is -2.20. The number of carbonyl (C=O) groups is 1. The van der Waals surface area contributed by atoms with Gasteiger partial charge in [-0.25, -0.2) is 0 Å². The van der Waals surface area contributed by atoms with E-state index >= 15 is 0 Å². The van der Waals surface area contributed by atoms with Crippen LogP contribution in [0.2, 0.25) is 0 Å². The number of hydrogen-bond donors (Lipinski definition) is 1. The first-order chi connectivity index (χ1) is 8.41. The molecule has 0 radical (unpaired) electrons. The van der Waals surface area contributed by atoms with Crippen LogP contribution in [0, 0.1) is 0 Å². The predicted molar refractivity (Wildman–Crippen MR) is 71.8 cm³/mol. The molecular weight excluding hydrogens is 226 g/mol. The van der Waals surface area contributed by atoms with Crippen molar-refractivity contribution in [3.8, 4) is 5.75 Å². The van der Waals surface area contributed by atoms with Gasteiger partial charge in [0.1, 0.15) is 5.75 Å². The highest BCUT2D eigenvalue weighted by atomic mass is 16.5. The van der Waals surface area contributed by atoms with E-state index in [0.717, 1.165) is 17.7 Å². The molecule has 1 heterocycles. The molecule has 1 atom stereocenters. The lowest BCUT2D eigenvalue weighted by atomic mass is 9.85. The van der Waals surface area contributed by atoms with Crippen LogP contribution in [-0.4, -0.2) is 13.0 Å². The third-order valence-electron chi connectivity index (χ3n) is 3.47. The molecule has 1 saturated heterocycles. The van der Waals surface area contributed by atoms with Crippen LogP contribution < -0.4 is 10.1 Å². The molecule has 1 aliphatic rings. The van der Waals surface area contributed by atoms with Gasteiger partial charge in [-0.3, -0.25) is 4.79 Å². The first-order valence-corrected chi connectivity index (χ1v) is 6.39. The number of carbonyl (C=O) groups excluding carboxylic acids is 1. The summed E-state index contributed by atoms with van der Waals surface area (Å²) in [5.74, 6) is 0.985. The Morgan fingerprint density at radius 1 is 1.33 bits per heavy atom. The van der Waals surface area contributed by atoms with E-state index in [9.17, 15) is 4.79 Å². The fourth-order valence-electron chi connectivity index (χ4n) is 2.32. The van der Waals surface area contributed by atoms with Gasteiger partial charge in [0.2, 0.25) is 5.91 Å². The SMILES string of the molecule is COc1ccc(C(C)(C)C)cc1C1CCC(=O)N1. The van der Waals surface area contributed by atoms with E-state index in [1.54, 1.807) is 7.11 Å². The lowest BCUT2D eigenvalue weighted by Gasteiger charge is -2.23. The van der Waals surface area contributed by atoms with Crippen LogP contribution in [0.25, 0.3) is 0 Å². The van der Waals surface area contributed by atoms with Crippen molar-refractivity contribution in [3.05, 3.63) is 29.3 Å². The summed E-state index contributed by atoms with van der Waals surface area (Å²) >= 11 is 0. The predicted octanol–water partition coefficient (Wildman–Crippen LogP) is 2.94. The molecule has 2 rings (SSSR count). The Kier molecular flexibility index (Phi) is 3.33. The summed E-state index contributed by atoms with van der Waals surface area (Å²) in [4.78, 5) is 11.4. The third kappa shape index (κ3) is 2.50. The summed E-state index contributed by atoms with van der Waals surface area (Å²) in [6.07, 6.45) is 1.45. The second-order valence-electron chi connectivity index (χ2n) is 5.87. The number of rotatable bonds is 2. The van der Waals surface area contributed by atoms with E-state index in [1.165, 1.54) is 5.56 Å². The summed E-state index contributed by atoms with van der Waals surface area (Å²) in [6, 6.07) is 6.35. The van der Waals surface area contributed by atoms with Crippen LogP contribution in [0.1, 0.15) is 50.8 Å². The fraction of sp³-hybridized carbons (Fsp3) is 0.533. The zero-order valence-electron chi connectivity index (χ0n) is 11.5. The molecule has 1 aromatic carbocycles. The smallest absolute Gasteiger partial charge is 0.220 e. The standard InChI is InChI=1S/C15H21NO2/c1-15(2,3)10-5-7-13(18-4)11(9-10)12-6-8-14(17)16-12/h5,7,9,12H,6,8H2,1-4H3,(H,16,17). The highest BCUT2D eigenvalue weighted by Gasteiger charge is 2.26. The molecule has 1 unspecified atom stereocenters. The second kappa shape index (κ2) is 4.63. The summed E-state index contributed by atoms with van der Waals surface area (Å²) in [5.41, 5.74) is 2.46. The Bertz CT molecular complexity index is 460. The van der Waals surface area contributed by atoms with E-state index in [2.05, 4.69) is 38.2 Å². The molecule has 1 fully saturated rings. The Morgan fingerprint density at radius 3 is 2.56 bits per heavy atom. The van der Waals surface area contributed by atoms with Crippen LogP contribution in [-0.2, 0) is 10.2 Å². The average Bonchev–Trinajstić information content (AvgIpc) is 2.73. The van der Waals surface area contributed by atoms with Crippen molar-refractivity contribution in [2.24, 2.45) is 0 Å². The molecule has 18 heavy (non-hydrogen) atoms. The minimum absolute atomic E-state index is 0.0924. The molecule has 3 nitrogen and oxygen atoms in total. The average molecular weight is 247 g/mol. The molecular formula is C15H21NO2. The van der Waals surface area contributed by atoms with Gasteiger partial charge in [-0.05, 0) is 29.5 Å². The highest BCUT2D eigenvalue weighted by molar-refractivity contribution is 5.79. The van der Waals surface area contributed by atoms with Crippen molar-refractivity contribution < 1.29 is 9.53 Å². The largest absolute Gasteiger partial charge is 0.496 e. The van der Waals surface area contributed by atoms with Crippen molar-refractivity contribution in [2.75, 3.05) is 7.11 Å². The van der Waals surface area contributed by atoms with Gasteiger partial charge in [0.15, 0.2) is 0 Å². The number of hydrogen-bond acceptors (Lipinski definition) is 2. The van der Waals surface area contributed by atoms with E-state index in [1.807, 2.05) is 6.07 Å². The first-order valence-electron chi connectivity index (χ1n) is 6.39. The quantitative estimate of drug-likeness (QED) is 0.872. The number of nitrogens with one attached hydrogen (secondary N) is 1. The van der Waals surface area contributed by atoms with Crippen molar-refractivity contribution >= 4 is 5.91 Å². The molecule has 0 bridgehead atoms.